The quantitative estimate of drug-likeness (QED) is 0.681. The van der Waals surface area contributed by atoms with E-state index in [1.807, 2.05) is 18.7 Å². The molecule has 1 aliphatic heterocycles. The average molecular weight is 230 g/mol. The van der Waals surface area contributed by atoms with Crippen molar-refractivity contribution in [3.63, 3.8) is 0 Å². The van der Waals surface area contributed by atoms with Gasteiger partial charge in [0.05, 0.1) is 12.2 Å². The summed E-state index contributed by atoms with van der Waals surface area (Å²) in [6, 6.07) is 0. The Labute approximate surface area is 96.6 Å². The number of primary amides is 1. The predicted octanol–water partition coefficient (Wildman–Crippen LogP) is -0.276. The van der Waals surface area contributed by atoms with Crippen LogP contribution in [0.4, 0.5) is 0 Å². The smallest absolute Gasteiger partial charge is 0.247 e. The lowest BCUT2D eigenvalue weighted by Crippen LogP contribution is -2.52. The number of morpholine rings is 1. The number of hydrogen-bond acceptors (Lipinski definition) is 4. The second kappa shape index (κ2) is 5.61. The maximum Gasteiger partial charge on any atom is 0.247 e. The van der Waals surface area contributed by atoms with E-state index in [1.54, 1.807) is 0 Å². The van der Waals surface area contributed by atoms with E-state index in [4.69, 9.17) is 10.5 Å². The van der Waals surface area contributed by atoms with E-state index in [2.05, 4.69) is 0 Å². The summed E-state index contributed by atoms with van der Waals surface area (Å²) in [6.07, 6.45) is 0.885. The maximum absolute atomic E-state index is 11.0. The van der Waals surface area contributed by atoms with Gasteiger partial charge in [-0.2, -0.15) is 0 Å². The lowest BCUT2D eigenvalue weighted by atomic mass is 9.96. The molecule has 0 saturated carbocycles. The molecule has 0 radical (unpaired) electrons. The minimum Gasteiger partial charge on any atom is -0.389 e. The van der Waals surface area contributed by atoms with Crippen molar-refractivity contribution in [3.05, 3.63) is 0 Å². The van der Waals surface area contributed by atoms with Crippen LogP contribution in [0.25, 0.3) is 0 Å². The molecule has 16 heavy (non-hydrogen) atoms. The minimum absolute atomic E-state index is 0.429. The SMILES string of the molecule is CCC(O)(CC)CN1CCOC(C(N)=O)C1. The molecule has 1 rings (SSSR count). The van der Waals surface area contributed by atoms with E-state index in [1.165, 1.54) is 0 Å². The molecule has 0 bridgehead atoms. The molecule has 0 aromatic carbocycles. The van der Waals surface area contributed by atoms with Crippen LogP contribution in [0.15, 0.2) is 0 Å². The summed E-state index contributed by atoms with van der Waals surface area (Å²) >= 11 is 0. The van der Waals surface area contributed by atoms with E-state index in [0.717, 1.165) is 6.54 Å². The Morgan fingerprint density at radius 3 is 2.69 bits per heavy atom. The zero-order chi connectivity index (χ0) is 12.2. The summed E-state index contributed by atoms with van der Waals surface area (Å²) in [5.74, 6) is -0.429. The van der Waals surface area contributed by atoms with E-state index in [0.29, 0.717) is 32.5 Å². The highest BCUT2D eigenvalue weighted by Crippen LogP contribution is 2.18. The standard InChI is InChI=1S/C11H22N2O3/c1-3-11(15,4-2)8-13-5-6-16-9(7-13)10(12)14/h9,15H,3-8H2,1-2H3,(H2,12,14). The van der Waals surface area contributed by atoms with Crippen molar-refractivity contribution in [1.82, 2.24) is 4.90 Å². The molecule has 1 unspecified atom stereocenters. The van der Waals surface area contributed by atoms with Crippen LogP contribution < -0.4 is 5.73 Å². The number of nitrogens with zero attached hydrogens (tertiary/aromatic N) is 1. The Kier molecular flexibility index (Phi) is 4.70. The number of carbonyl (C=O) groups excluding carboxylic acids is 1. The van der Waals surface area contributed by atoms with Crippen molar-refractivity contribution in [2.75, 3.05) is 26.2 Å². The van der Waals surface area contributed by atoms with Gasteiger partial charge in [-0.25, -0.2) is 0 Å². The fraction of sp³-hybridized carbons (Fsp3) is 0.909. The summed E-state index contributed by atoms with van der Waals surface area (Å²) in [7, 11) is 0. The van der Waals surface area contributed by atoms with Crippen molar-refractivity contribution in [2.24, 2.45) is 5.73 Å². The summed E-state index contributed by atoms with van der Waals surface area (Å²) in [6.45, 7) is 6.24. The number of nitrogens with two attached hydrogens (primary N) is 1. The molecular formula is C11H22N2O3. The van der Waals surface area contributed by atoms with Gasteiger partial charge in [0.25, 0.3) is 0 Å². The van der Waals surface area contributed by atoms with E-state index in [-0.39, 0.29) is 0 Å². The molecule has 94 valence electrons. The molecule has 5 nitrogen and oxygen atoms in total. The fourth-order valence-electron chi connectivity index (χ4n) is 1.91. The van der Waals surface area contributed by atoms with Crippen LogP contribution in [-0.4, -0.2) is 53.9 Å². The van der Waals surface area contributed by atoms with Crippen LogP contribution in [-0.2, 0) is 9.53 Å². The fourth-order valence-corrected chi connectivity index (χ4v) is 1.91. The molecule has 0 aromatic rings. The highest BCUT2D eigenvalue weighted by Gasteiger charge is 2.30. The third-order valence-corrected chi connectivity index (χ3v) is 3.30. The molecule has 0 spiro atoms. The number of hydrogen-bond donors (Lipinski definition) is 2. The van der Waals surface area contributed by atoms with Crippen molar-refractivity contribution < 1.29 is 14.6 Å². The maximum atomic E-state index is 11.0. The van der Waals surface area contributed by atoms with E-state index >= 15 is 0 Å². The lowest BCUT2D eigenvalue weighted by molar-refractivity contribution is -0.137. The van der Waals surface area contributed by atoms with Crippen LogP contribution in [0, 0.1) is 0 Å². The van der Waals surface area contributed by atoms with Crippen molar-refractivity contribution in [3.8, 4) is 0 Å². The molecular weight excluding hydrogens is 208 g/mol. The lowest BCUT2D eigenvalue weighted by Gasteiger charge is -2.37. The number of carbonyl (C=O) groups is 1. The van der Waals surface area contributed by atoms with Gasteiger partial charge in [-0.1, -0.05) is 13.8 Å². The normalized spacial score (nSPS) is 23.3. The van der Waals surface area contributed by atoms with Crippen molar-refractivity contribution >= 4 is 5.91 Å². The molecule has 0 aliphatic carbocycles. The van der Waals surface area contributed by atoms with Gasteiger partial charge < -0.3 is 15.6 Å². The van der Waals surface area contributed by atoms with Crippen LogP contribution >= 0.6 is 0 Å². The van der Waals surface area contributed by atoms with E-state index in [9.17, 15) is 9.90 Å². The topological polar surface area (TPSA) is 75.8 Å². The van der Waals surface area contributed by atoms with Crippen LogP contribution in [0.1, 0.15) is 26.7 Å². The Balaban J connectivity index is 2.51. The first-order chi connectivity index (χ1) is 7.50. The second-order valence-electron chi connectivity index (χ2n) is 4.43. The van der Waals surface area contributed by atoms with E-state index < -0.39 is 17.6 Å². The van der Waals surface area contributed by atoms with Gasteiger partial charge in [-0.3, -0.25) is 9.69 Å². The summed E-state index contributed by atoms with van der Waals surface area (Å²) < 4.78 is 5.25. The minimum atomic E-state index is -0.667. The van der Waals surface area contributed by atoms with Gasteiger partial charge in [0.15, 0.2) is 0 Å². The second-order valence-corrected chi connectivity index (χ2v) is 4.43. The van der Waals surface area contributed by atoms with Gasteiger partial charge in [-0.05, 0) is 12.8 Å². The van der Waals surface area contributed by atoms with Crippen molar-refractivity contribution in [2.45, 2.75) is 38.4 Å². The molecule has 1 fully saturated rings. The molecule has 5 heteroatoms. The number of rotatable bonds is 5. The first-order valence-electron chi connectivity index (χ1n) is 5.86. The molecule has 1 amide bonds. The Morgan fingerprint density at radius 1 is 1.56 bits per heavy atom. The van der Waals surface area contributed by atoms with Gasteiger partial charge >= 0.3 is 0 Å². The Morgan fingerprint density at radius 2 is 2.19 bits per heavy atom. The highest BCUT2D eigenvalue weighted by atomic mass is 16.5. The largest absolute Gasteiger partial charge is 0.389 e. The predicted molar refractivity (Wildman–Crippen MR) is 60.9 cm³/mol. The monoisotopic (exact) mass is 230 g/mol. The Hall–Kier alpha value is -0.650. The third kappa shape index (κ3) is 3.43. The van der Waals surface area contributed by atoms with Crippen LogP contribution in [0.3, 0.4) is 0 Å². The number of β-amino-alcohol motifs (C(OH)–C–C–N with tert-alkyl or cyclic N) is 1. The first-order valence-corrected chi connectivity index (χ1v) is 5.86. The molecule has 0 aromatic heterocycles. The third-order valence-electron chi connectivity index (χ3n) is 3.30. The number of aliphatic hydroxyl groups is 1. The molecule has 1 aliphatic rings. The van der Waals surface area contributed by atoms with Gasteiger partial charge in [0, 0.05) is 19.6 Å². The van der Waals surface area contributed by atoms with Gasteiger partial charge in [0.2, 0.25) is 5.91 Å². The molecule has 1 saturated heterocycles. The van der Waals surface area contributed by atoms with Gasteiger partial charge in [0.1, 0.15) is 6.10 Å². The zero-order valence-electron chi connectivity index (χ0n) is 10.1. The number of amides is 1. The highest BCUT2D eigenvalue weighted by molar-refractivity contribution is 5.79. The number of ether oxygens (including phenoxy) is 1. The first kappa shape index (κ1) is 13.4. The summed E-state index contributed by atoms with van der Waals surface area (Å²) in [5.41, 5.74) is 4.54. The van der Waals surface area contributed by atoms with Crippen LogP contribution in [0.5, 0.6) is 0 Å². The average Bonchev–Trinajstić information content (AvgIpc) is 2.29. The summed E-state index contributed by atoms with van der Waals surface area (Å²) in [4.78, 5) is 13.1. The van der Waals surface area contributed by atoms with Gasteiger partial charge in [-0.15, -0.1) is 0 Å². The van der Waals surface area contributed by atoms with Crippen molar-refractivity contribution in [1.29, 1.82) is 0 Å². The summed E-state index contributed by atoms with van der Waals surface area (Å²) in [5, 5.41) is 10.2. The molecule has 1 heterocycles. The molecule has 1 atom stereocenters. The Bertz CT molecular complexity index is 241. The zero-order valence-corrected chi connectivity index (χ0v) is 10.1. The molecule has 3 N–H and O–H groups in total. The van der Waals surface area contributed by atoms with Crippen LogP contribution in [0.2, 0.25) is 0 Å².